The molecular weight excluding hydrogens is 131 g/mol. The molecule has 46 valence electrons. The Hall–Kier alpha value is -0.880. The molecule has 0 atom stereocenters. The maximum atomic E-state index is 3.85. The van der Waals surface area contributed by atoms with Crippen molar-refractivity contribution in [3.05, 3.63) is 36.3 Å². The molecule has 9 heavy (non-hydrogen) atoms. The van der Waals surface area contributed by atoms with E-state index >= 15 is 0 Å². The van der Waals surface area contributed by atoms with Crippen LogP contribution in [0.2, 0.25) is 0 Å². The summed E-state index contributed by atoms with van der Waals surface area (Å²) in [6.07, 6.45) is 1.72. The highest BCUT2D eigenvalue weighted by Gasteiger charge is 1.58. The minimum atomic E-state index is 1.01. The lowest BCUT2D eigenvalue weighted by Gasteiger charge is -1.64. The molecule has 2 nitrogen and oxygen atoms in total. The zero-order valence-electron chi connectivity index (χ0n) is 4.86. The van der Waals surface area contributed by atoms with E-state index in [-0.39, 0.29) is 0 Å². The molecule has 0 saturated carbocycles. The van der Waals surface area contributed by atoms with Crippen molar-refractivity contribution < 1.29 is 0 Å². The lowest BCUT2D eigenvalue weighted by molar-refractivity contribution is 1.14. The first-order chi connectivity index (χ1) is 4.50. The van der Waals surface area contributed by atoms with E-state index in [4.69, 9.17) is 0 Å². The van der Waals surface area contributed by atoms with E-state index < -0.39 is 0 Å². The monoisotopic (exact) mass is 138 g/mol. The number of nitrogens with one attached hydrogen (secondary N) is 1. The summed E-state index contributed by atoms with van der Waals surface area (Å²) >= 11 is 0. The lowest BCUT2D eigenvalue weighted by Crippen LogP contribution is -1.58. The third-order valence-corrected chi connectivity index (χ3v) is 1.32. The molecule has 0 aliphatic carbocycles. The van der Waals surface area contributed by atoms with Gasteiger partial charge in [0, 0.05) is 14.5 Å². The van der Waals surface area contributed by atoms with Gasteiger partial charge in [0.25, 0.3) is 0 Å². The molecule has 0 fully saturated rings. The molecule has 1 aromatic heterocycles. The fourth-order valence-corrected chi connectivity index (χ4v) is 0.799. The van der Waals surface area contributed by atoms with Gasteiger partial charge in [0.05, 0.1) is 0 Å². The Morgan fingerprint density at radius 3 is 3.00 bits per heavy atom. The van der Waals surface area contributed by atoms with Gasteiger partial charge in [-0.2, -0.15) is 5.10 Å². The van der Waals surface area contributed by atoms with Gasteiger partial charge in [0.1, 0.15) is 0 Å². The second kappa shape index (κ2) is 4.04. The average molecular weight is 138 g/mol. The molecular formula is C6H7N2P. The number of nitrogens with zero attached hydrogens (tertiary/aromatic N) is 1. The summed E-state index contributed by atoms with van der Waals surface area (Å²) < 4.78 is 0. The molecule has 1 heterocycles. The van der Waals surface area contributed by atoms with Gasteiger partial charge in [0.15, 0.2) is 0 Å². The highest BCUT2D eigenvalue weighted by molar-refractivity contribution is 7.24. The van der Waals surface area contributed by atoms with E-state index in [0.717, 1.165) is 8.35 Å². The molecule has 1 aromatic rings. The minimum absolute atomic E-state index is 1.01. The third kappa shape index (κ3) is 2.83. The van der Waals surface area contributed by atoms with Crippen LogP contribution >= 0.6 is 8.35 Å². The first-order valence-electron chi connectivity index (χ1n) is 2.63. The van der Waals surface area contributed by atoms with Crippen LogP contribution in [0, 0.1) is 0 Å². The third-order valence-electron chi connectivity index (χ3n) is 0.770. The molecule has 0 spiro atoms. The zero-order chi connectivity index (χ0) is 6.36. The molecule has 0 aliphatic heterocycles. The fourth-order valence-electron chi connectivity index (χ4n) is 0.414. The summed E-state index contributed by atoms with van der Waals surface area (Å²) in [6, 6.07) is 7.74. The van der Waals surface area contributed by atoms with Crippen LogP contribution in [0.1, 0.15) is 0 Å². The Bertz CT molecular complexity index is 133. The van der Waals surface area contributed by atoms with Crippen molar-refractivity contribution in [2.45, 2.75) is 0 Å². The lowest BCUT2D eigenvalue weighted by atomic mass is 10.5. The van der Waals surface area contributed by atoms with Crippen LogP contribution in [0.5, 0.6) is 0 Å². The van der Waals surface area contributed by atoms with Gasteiger partial charge in [-0.05, 0) is 11.9 Å². The van der Waals surface area contributed by atoms with Gasteiger partial charge in [-0.25, -0.2) is 0 Å². The van der Waals surface area contributed by atoms with E-state index in [1.165, 1.54) is 0 Å². The number of hydrogen-bond acceptors (Lipinski definition) is 1. The molecule has 0 saturated heterocycles. The Morgan fingerprint density at radius 1 is 1.11 bits per heavy atom. The van der Waals surface area contributed by atoms with Crippen molar-refractivity contribution in [1.29, 1.82) is 0 Å². The molecule has 3 heteroatoms. The Balaban J connectivity index is 3.04. The van der Waals surface area contributed by atoms with Crippen LogP contribution < -0.4 is 0 Å². The highest BCUT2D eigenvalue weighted by Crippen LogP contribution is 1.87. The van der Waals surface area contributed by atoms with E-state index in [0.29, 0.717) is 0 Å². The van der Waals surface area contributed by atoms with Crippen LogP contribution in [0.15, 0.2) is 36.3 Å². The summed E-state index contributed by atoms with van der Waals surface area (Å²) in [6.45, 7) is 0. The summed E-state index contributed by atoms with van der Waals surface area (Å²) in [5.74, 6) is 1.98. The van der Waals surface area contributed by atoms with Crippen LogP contribution in [-0.2, 0) is 0 Å². The quantitative estimate of drug-likeness (QED) is 0.584. The summed E-state index contributed by atoms with van der Waals surface area (Å²) in [5.41, 5.74) is 0. The standard InChI is InChI=1S/C6H7N2P/c1-2-4-6-9-8-7-5-3-1/h1-6,8H. The second-order valence-electron chi connectivity index (χ2n) is 1.43. The van der Waals surface area contributed by atoms with Gasteiger partial charge in [-0.3, -0.25) is 4.86 Å². The van der Waals surface area contributed by atoms with Crippen molar-refractivity contribution in [3.8, 4) is 0 Å². The summed E-state index contributed by atoms with van der Waals surface area (Å²) in [7, 11) is 1.01. The summed E-state index contributed by atoms with van der Waals surface area (Å²) in [5, 5.41) is 3.85. The van der Waals surface area contributed by atoms with Crippen molar-refractivity contribution in [3.63, 3.8) is 0 Å². The van der Waals surface area contributed by atoms with Gasteiger partial charge < -0.3 is 0 Å². The van der Waals surface area contributed by atoms with Gasteiger partial charge >= 0.3 is 0 Å². The van der Waals surface area contributed by atoms with Crippen molar-refractivity contribution in [2.24, 2.45) is 0 Å². The first-order valence-corrected chi connectivity index (χ1v) is 3.59. The molecule has 0 aliphatic rings. The number of hydrogen-bond donors (Lipinski definition) is 1. The van der Waals surface area contributed by atoms with Crippen LogP contribution in [0.25, 0.3) is 0 Å². The SMILES string of the molecule is c1cccp[nH]ncc1. The predicted molar refractivity (Wildman–Crippen MR) is 38.7 cm³/mol. The van der Waals surface area contributed by atoms with E-state index in [1.807, 2.05) is 30.1 Å². The fraction of sp³-hybridized carbons (Fsp3) is 0. The van der Waals surface area contributed by atoms with Gasteiger partial charge in [0.2, 0.25) is 0 Å². The van der Waals surface area contributed by atoms with Gasteiger partial charge in [-0.15, -0.1) is 0 Å². The molecule has 0 unspecified atom stereocenters. The van der Waals surface area contributed by atoms with E-state index in [1.54, 1.807) is 6.20 Å². The molecule has 0 aromatic carbocycles. The molecule has 0 amide bonds. The number of rotatable bonds is 0. The normalized spacial score (nSPS) is 8.89. The Labute approximate surface area is 55.4 Å². The maximum absolute atomic E-state index is 3.85. The number of H-pyrrole nitrogens is 1. The predicted octanol–water partition coefficient (Wildman–Crippen LogP) is 2.11. The summed E-state index contributed by atoms with van der Waals surface area (Å²) in [4.78, 5) is 2.81. The molecule has 1 N–H and O–H groups in total. The second-order valence-corrected chi connectivity index (χ2v) is 2.18. The smallest absolute Gasteiger partial charge is 0.0475 e. The number of aromatic nitrogens is 2. The topological polar surface area (TPSA) is 28.7 Å². The van der Waals surface area contributed by atoms with Crippen molar-refractivity contribution in [1.82, 2.24) is 9.96 Å². The minimum Gasteiger partial charge on any atom is -0.260 e. The number of aromatic amines is 1. The molecule has 0 radical (unpaired) electrons. The van der Waals surface area contributed by atoms with Gasteiger partial charge in [-0.1, -0.05) is 18.2 Å². The van der Waals surface area contributed by atoms with Crippen LogP contribution in [-0.4, -0.2) is 9.96 Å². The Kier molecular flexibility index (Phi) is 2.81. The zero-order valence-corrected chi connectivity index (χ0v) is 5.75. The van der Waals surface area contributed by atoms with Crippen molar-refractivity contribution in [2.75, 3.05) is 0 Å². The van der Waals surface area contributed by atoms with Crippen LogP contribution in [0.3, 0.4) is 0 Å². The highest BCUT2D eigenvalue weighted by atomic mass is 31.0. The molecule has 0 bridgehead atoms. The maximum Gasteiger partial charge on any atom is 0.0475 e. The van der Waals surface area contributed by atoms with E-state index in [9.17, 15) is 0 Å². The first kappa shape index (κ1) is 6.24. The molecule has 1 rings (SSSR count). The Morgan fingerprint density at radius 2 is 2.00 bits per heavy atom. The van der Waals surface area contributed by atoms with Crippen LogP contribution in [0.4, 0.5) is 0 Å². The average Bonchev–Trinajstić information content (AvgIpc) is 2.00. The largest absolute Gasteiger partial charge is 0.260 e. The van der Waals surface area contributed by atoms with E-state index in [2.05, 4.69) is 9.96 Å². The van der Waals surface area contributed by atoms with Crippen molar-refractivity contribution >= 4 is 8.35 Å².